The first-order chi connectivity index (χ1) is 9.25. The molecule has 0 bridgehead atoms. The summed E-state index contributed by atoms with van der Waals surface area (Å²) in [6.45, 7) is 0. The van der Waals surface area contributed by atoms with Crippen molar-refractivity contribution in [3.63, 3.8) is 0 Å². The van der Waals surface area contributed by atoms with Crippen LogP contribution >= 0.6 is 0 Å². The van der Waals surface area contributed by atoms with Crippen LogP contribution in [0.1, 0.15) is 0 Å². The Kier molecular flexibility index (Phi) is 2.72. The standard InChI is InChI=1S/C14H10FN3O/c15-11-6-10(7-17-8-11)13-12(14(16)18-19-13)9-4-2-1-3-5-9/h1-8H,(H2,16,18). The minimum atomic E-state index is -0.438. The molecule has 0 unspecified atom stereocenters. The van der Waals surface area contributed by atoms with Crippen LogP contribution in [0.2, 0.25) is 0 Å². The van der Waals surface area contributed by atoms with Gasteiger partial charge in [-0.25, -0.2) is 4.39 Å². The quantitative estimate of drug-likeness (QED) is 0.764. The van der Waals surface area contributed by atoms with E-state index >= 15 is 0 Å². The largest absolute Gasteiger partial charge is 0.380 e. The van der Waals surface area contributed by atoms with E-state index in [9.17, 15) is 4.39 Å². The average Bonchev–Trinajstić information content (AvgIpc) is 2.82. The van der Waals surface area contributed by atoms with Crippen molar-refractivity contribution < 1.29 is 8.91 Å². The van der Waals surface area contributed by atoms with Gasteiger partial charge in [0.15, 0.2) is 11.6 Å². The number of aromatic nitrogens is 2. The molecule has 0 aliphatic carbocycles. The molecular weight excluding hydrogens is 245 g/mol. The van der Waals surface area contributed by atoms with Gasteiger partial charge in [0.2, 0.25) is 0 Å². The van der Waals surface area contributed by atoms with Gasteiger partial charge < -0.3 is 10.3 Å². The van der Waals surface area contributed by atoms with Gasteiger partial charge in [0, 0.05) is 11.8 Å². The summed E-state index contributed by atoms with van der Waals surface area (Å²) in [6.07, 6.45) is 2.64. The van der Waals surface area contributed by atoms with Gasteiger partial charge in [-0.3, -0.25) is 4.98 Å². The number of pyridine rings is 1. The van der Waals surface area contributed by atoms with Crippen LogP contribution in [0.4, 0.5) is 10.2 Å². The maximum atomic E-state index is 13.2. The van der Waals surface area contributed by atoms with Gasteiger partial charge in [0.1, 0.15) is 5.82 Å². The van der Waals surface area contributed by atoms with Crippen molar-refractivity contribution in [1.82, 2.24) is 10.1 Å². The van der Waals surface area contributed by atoms with Crippen molar-refractivity contribution in [3.8, 4) is 22.5 Å². The molecule has 0 amide bonds. The molecule has 0 saturated carbocycles. The lowest BCUT2D eigenvalue weighted by molar-refractivity contribution is 0.435. The molecule has 0 aliphatic rings. The highest BCUT2D eigenvalue weighted by atomic mass is 19.1. The van der Waals surface area contributed by atoms with Gasteiger partial charge in [-0.15, -0.1) is 0 Å². The van der Waals surface area contributed by atoms with E-state index in [1.54, 1.807) is 0 Å². The second kappa shape index (κ2) is 4.53. The molecular formula is C14H10FN3O. The fraction of sp³-hybridized carbons (Fsp3) is 0. The van der Waals surface area contributed by atoms with Gasteiger partial charge in [-0.05, 0) is 11.6 Å². The van der Waals surface area contributed by atoms with Crippen LogP contribution in [0, 0.1) is 5.82 Å². The number of anilines is 1. The number of nitrogen functional groups attached to an aromatic ring is 1. The fourth-order valence-electron chi connectivity index (χ4n) is 1.92. The Bertz CT molecular complexity index is 710. The summed E-state index contributed by atoms with van der Waals surface area (Å²) in [5.41, 5.74) is 7.84. The lowest BCUT2D eigenvalue weighted by Crippen LogP contribution is -1.89. The van der Waals surface area contributed by atoms with Crippen molar-refractivity contribution in [2.24, 2.45) is 0 Å². The predicted molar refractivity (Wildman–Crippen MR) is 69.5 cm³/mol. The highest BCUT2D eigenvalue weighted by Crippen LogP contribution is 2.36. The first-order valence-corrected chi connectivity index (χ1v) is 5.67. The molecule has 19 heavy (non-hydrogen) atoms. The van der Waals surface area contributed by atoms with Crippen molar-refractivity contribution in [1.29, 1.82) is 0 Å². The van der Waals surface area contributed by atoms with Gasteiger partial charge >= 0.3 is 0 Å². The SMILES string of the molecule is Nc1noc(-c2cncc(F)c2)c1-c1ccccc1. The van der Waals surface area contributed by atoms with Crippen LogP contribution in [0.25, 0.3) is 22.5 Å². The summed E-state index contributed by atoms with van der Waals surface area (Å²) >= 11 is 0. The maximum absolute atomic E-state index is 13.2. The van der Waals surface area contributed by atoms with Crippen LogP contribution in [-0.4, -0.2) is 10.1 Å². The summed E-state index contributed by atoms with van der Waals surface area (Å²) in [4.78, 5) is 3.80. The Morgan fingerprint density at radius 1 is 1.05 bits per heavy atom. The van der Waals surface area contributed by atoms with Crippen molar-refractivity contribution in [3.05, 3.63) is 54.6 Å². The molecule has 3 rings (SSSR count). The zero-order chi connectivity index (χ0) is 13.2. The number of nitrogens with two attached hydrogens (primary N) is 1. The van der Waals surface area contributed by atoms with E-state index in [1.807, 2.05) is 30.3 Å². The van der Waals surface area contributed by atoms with E-state index in [1.165, 1.54) is 12.3 Å². The second-order valence-corrected chi connectivity index (χ2v) is 4.03. The highest BCUT2D eigenvalue weighted by molar-refractivity contribution is 5.86. The molecule has 0 aliphatic heterocycles. The van der Waals surface area contributed by atoms with Crippen LogP contribution < -0.4 is 5.73 Å². The molecule has 0 saturated heterocycles. The first-order valence-electron chi connectivity index (χ1n) is 5.67. The molecule has 3 aromatic rings. The third-order valence-corrected chi connectivity index (χ3v) is 2.75. The zero-order valence-electron chi connectivity index (χ0n) is 9.88. The smallest absolute Gasteiger partial charge is 0.178 e. The number of nitrogens with zero attached hydrogens (tertiary/aromatic N) is 2. The summed E-state index contributed by atoms with van der Waals surface area (Å²) in [6, 6.07) is 10.8. The number of halogens is 1. The normalized spacial score (nSPS) is 10.6. The van der Waals surface area contributed by atoms with Gasteiger partial charge in [0.05, 0.1) is 11.8 Å². The monoisotopic (exact) mass is 255 g/mol. The molecule has 2 aromatic heterocycles. The van der Waals surface area contributed by atoms with E-state index in [2.05, 4.69) is 10.1 Å². The Morgan fingerprint density at radius 3 is 2.58 bits per heavy atom. The number of hydrogen-bond acceptors (Lipinski definition) is 4. The van der Waals surface area contributed by atoms with Crippen LogP contribution in [0.3, 0.4) is 0 Å². The Balaban J connectivity index is 2.19. The summed E-state index contributed by atoms with van der Waals surface area (Å²) in [5.74, 6) is 0.243. The molecule has 5 heteroatoms. The van der Waals surface area contributed by atoms with E-state index in [0.29, 0.717) is 16.9 Å². The average molecular weight is 255 g/mol. The van der Waals surface area contributed by atoms with Crippen molar-refractivity contribution in [2.75, 3.05) is 5.73 Å². The maximum Gasteiger partial charge on any atom is 0.178 e. The minimum Gasteiger partial charge on any atom is -0.380 e. The van der Waals surface area contributed by atoms with Crippen molar-refractivity contribution in [2.45, 2.75) is 0 Å². The molecule has 2 N–H and O–H groups in total. The van der Waals surface area contributed by atoms with E-state index in [0.717, 1.165) is 11.8 Å². The molecule has 1 aromatic carbocycles. The molecule has 0 fully saturated rings. The predicted octanol–water partition coefficient (Wildman–Crippen LogP) is 3.12. The Labute approximate surface area is 108 Å². The van der Waals surface area contributed by atoms with E-state index < -0.39 is 5.82 Å². The van der Waals surface area contributed by atoms with Gasteiger partial charge in [-0.1, -0.05) is 35.5 Å². The number of benzene rings is 1. The van der Waals surface area contributed by atoms with E-state index in [-0.39, 0.29) is 5.82 Å². The minimum absolute atomic E-state index is 0.269. The summed E-state index contributed by atoms with van der Waals surface area (Å²) < 4.78 is 18.4. The Hall–Kier alpha value is -2.69. The summed E-state index contributed by atoms with van der Waals surface area (Å²) in [5, 5.41) is 3.75. The molecule has 0 spiro atoms. The molecule has 94 valence electrons. The van der Waals surface area contributed by atoms with Gasteiger partial charge in [0.25, 0.3) is 0 Å². The molecule has 2 heterocycles. The third-order valence-electron chi connectivity index (χ3n) is 2.75. The second-order valence-electron chi connectivity index (χ2n) is 4.03. The fourth-order valence-corrected chi connectivity index (χ4v) is 1.92. The van der Waals surface area contributed by atoms with Crippen LogP contribution in [0.15, 0.2) is 53.3 Å². The van der Waals surface area contributed by atoms with E-state index in [4.69, 9.17) is 10.3 Å². The van der Waals surface area contributed by atoms with Gasteiger partial charge in [-0.2, -0.15) is 0 Å². The Morgan fingerprint density at radius 2 is 1.84 bits per heavy atom. The lowest BCUT2D eigenvalue weighted by Gasteiger charge is -2.02. The van der Waals surface area contributed by atoms with Crippen molar-refractivity contribution >= 4 is 5.82 Å². The molecule has 0 radical (unpaired) electrons. The first kappa shape index (κ1) is 11.4. The van der Waals surface area contributed by atoms with Crippen LogP contribution in [-0.2, 0) is 0 Å². The highest BCUT2D eigenvalue weighted by Gasteiger charge is 2.17. The zero-order valence-corrected chi connectivity index (χ0v) is 9.88. The lowest BCUT2D eigenvalue weighted by atomic mass is 10.0. The third kappa shape index (κ3) is 2.06. The molecule has 0 atom stereocenters. The topological polar surface area (TPSA) is 64.9 Å². The number of rotatable bonds is 2. The summed E-state index contributed by atoms with van der Waals surface area (Å²) in [7, 11) is 0. The van der Waals surface area contributed by atoms with Crippen LogP contribution in [0.5, 0.6) is 0 Å². The molecule has 4 nitrogen and oxygen atoms in total. The number of hydrogen-bond donors (Lipinski definition) is 1.